The zero-order valence-corrected chi connectivity index (χ0v) is 9.43. The van der Waals surface area contributed by atoms with Crippen molar-refractivity contribution in [3.05, 3.63) is 12.4 Å². The van der Waals surface area contributed by atoms with Crippen LogP contribution in [-0.4, -0.2) is 22.3 Å². The smallest absolute Gasteiger partial charge is 0.212 e. The second-order valence-electron chi connectivity index (χ2n) is 2.39. The molecule has 72 valence electrons. The molecule has 0 aromatic carbocycles. The molecule has 3 N–H and O–H groups in total. The van der Waals surface area contributed by atoms with Crippen LogP contribution in [0.2, 0.25) is 0 Å². The summed E-state index contributed by atoms with van der Waals surface area (Å²) in [6.07, 6.45) is 3.17. The number of aliphatic imine (C=N–C) groups is 1. The van der Waals surface area contributed by atoms with Gasteiger partial charge in [-0.05, 0) is 11.8 Å². The fourth-order valence-electron chi connectivity index (χ4n) is 1.07. The van der Waals surface area contributed by atoms with Gasteiger partial charge in [0.1, 0.15) is 6.20 Å². The molecule has 1 saturated heterocycles. The molecule has 9 heteroatoms. The summed E-state index contributed by atoms with van der Waals surface area (Å²) in [6.45, 7) is 0. The molecule has 0 aliphatic carbocycles. The molecule has 6 nitrogen and oxygen atoms in total. The molecule has 13 heavy (non-hydrogen) atoms. The minimum atomic E-state index is -3.71. The molecule has 0 aromatic heterocycles. The Morgan fingerprint density at radius 1 is 1.77 bits per heavy atom. The molecule has 1 fully saturated rings. The number of rotatable bonds is 1. The largest absolute Gasteiger partial charge is 0.322 e. The van der Waals surface area contributed by atoms with Gasteiger partial charge in [-0.3, -0.25) is 0 Å². The molecule has 0 radical (unpaired) electrons. The van der Waals surface area contributed by atoms with Gasteiger partial charge in [0.15, 0.2) is 4.28 Å². The molecule has 2 aliphatic rings. The van der Waals surface area contributed by atoms with Crippen molar-refractivity contribution in [1.82, 2.24) is 4.41 Å². The average molecular weight is 286 g/mol. The lowest BCUT2D eigenvalue weighted by atomic mass is 10.9. The Labute approximate surface area is 87.7 Å². The van der Waals surface area contributed by atoms with Crippen LogP contribution >= 0.6 is 27.7 Å². The van der Waals surface area contributed by atoms with Gasteiger partial charge in [-0.1, -0.05) is 15.9 Å². The summed E-state index contributed by atoms with van der Waals surface area (Å²) in [5, 5.41) is 6.25. The monoisotopic (exact) mass is 285 g/mol. The number of amidine groups is 1. The van der Waals surface area contributed by atoms with Crippen molar-refractivity contribution in [2.24, 2.45) is 10.1 Å². The second kappa shape index (κ2) is 3.04. The normalized spacial score (nSPS) is 33.5. The maximum atomic E-state index is 11.1. The minimum absolute atomic E-state index is 0.388. The summed E-state index contributed by atoms with van der Waals surface area (Å²) in [7, 11) is -3.71. The highest BCUT2D eigenvalue weighted by molar-refractivity contribution is 9.11. The number of hydrogen-bond acceptors (Lipinski definition) is 4. The summed E-state index contributed by atoms with van der Waals surface area (Å²) < 4.78 is 23.0. The van der Waals surface area contributed by atoms with E-state index in [-0.39, 0.29) is 4.28 Å². The van der Waals surface area contributed by atoms with Crippen LogP contribution in [0.1, 0.15) is 0 Å². The third kappa shape index (κ3) is 1.55. The number of nitrogens with zero attached hydrogens (tertiary/aromatic N) is 2. The lowest BCUT2D eigenvalue weighted by molar-refractivity contribution is -0.850. The third-order valence-corrected chi connectivity index (χ3v) is 4.82. The Morgan fingerprint density at radius 2 is 2.46 bits per heavy atom. The summed E-state index contributed by atoms with van der Waals surface area (Å²) in [4.78, 5) is 3.98. The fourth-order valence-corrected chi connectivity index (χ4v) is 4.53. The molecule has 0 amide bonds. The van der Waals surface area contributed by atoms with Crippen molar-refractivity contribution in [1.29, 1.82) is 0 Å². The lowest BCUT2D eigenvalue weighted by Crippen LogP contribution is -3.14. The van der Waals surface area contributed by atoms with Gasteiger partial charge in [-0.15, -0.1) is 0 Å². The highest BCUT2D eigenvalue weighted by Crippen LogP contribution is 2.26. The molecule has 2 aliphatic heterocycles. The summed E-state index contributed by atoms with van der Waals surface area (Å²) in [6, 6.07) is 0. The SMILES string of the molecule is NS(=O)(=O)N1C(Br)SC2=NC=C[NH+]21. The van der Waals surface area contributed by atoms with Crippen molar-refractivity contribution in [3.63, 3.8) is 0 Å². The predicted octanol–water partition coefficient (Wildman–Crippen LogP) is -1.44. The van der Waals surface area contributed by atoms with Crippen molar-refractivity contribution in [2.45, 2.75) is 4.28 Å². The van der Waals surface area contributed by atoms with E-state index in [2.05, 4.69) is 20.9 Å². The van der Waals surface area contributed by atoms with Crippen molar-refractivity contribution >= 4 is 43.1 Å². The van der Waals surface area contributed by atoms with E-state index in [0.29, 0.717) is 10.2 Å². The first-order valence-corrected chi connectivity index (χ1v) is 6.54. The van der Waals surface area contributed by atoms with Gasteiger partial charge in [0.05, 0.1) is 6.20 Å². The van der Waals surface area contributed by atoms with Crippen molar-refractivity contribution in [2.75, 3.05) is 0 Å². The summed E-state index contributed by atoms with van der Waals surface area (Å²) in [5.74, 6) is 0. The number of fused-ring (bicyclic) bond motifs is 1. The molecule has 2 heterocycles. The number of alkyl halides is 1. The first kappa shape index (κ1) is 9.62. The number of nitrogens with one attached hydrogen (secondary N) is 1. The molecular formula is C4H6BrN4O2S2+. The Bertz CT molecular complexity index is 391. The van der Waals surface area contributed by atoms with Crippen LogP contribution in [0.4, 0.5) is 0 Å². The summed E-state index contributed by atoms with van der Waals surface area (Å²) >= 11 is 4.50. The van der Waals surface area contributed by atoms with E-state index in [9.17, 15) is 8.42 Å². The van der Waals surface area contributed by atoms with Gasteiger partial charge in [0, 0.05) is 4.41 Å². The Balaban J connectivity index is 2.39. The van der Waals surface area contributed by atoms with Crippen LogP contribution in [0.25, 0.3) is 0 Å². The molecule has 0 spiro atoms. The van der Waals surface area contributed by atoms with Gasteiger partial charge < -0.3 is 0 Å². The van der Waals surface area contributed by atoms with Gasteiger partial charge in [0.25, 0.3) is 5.17 Å². The number of halogens is 1. The standard InChI is InChI=1S/C4H5BrN4O2S2/c5-3-9(13(6,10)11)8-2-1-7-4(8)12-3/h1-3H,(H2,6,10,11)/p+1. The number of quaternary nitrogens is 1. The van der Waals surface area contributed by atoms with E-state index < -0.39 is 10.2 Å². The Hall–Kier alpha value is 0.0700. The van der Waals surface area contributed by atoms with E-state index in [1.54, 1.807) is 12.4 Å². The highest BCUT2D eigenvalue weighted by Gasteiger charge is 2.48. The number of hydrogen-bond donors (Lipinski definition) is 2. The first-order valence-electron chi connectivity index (χ1n) is 3.25. The molecule has 0 bridgehead atoms. The van der Waals surface area contributed by atoms with Gasteiger partial charge in [-0.25, -0.2) is 5.14 Å². The molecular weight excluding hydrogens is 280 g/mol. The van der Waals surface area contributed by atoms with Gasteiger partial charge >= 0.3 is 10.2 Å². The molecule has 0 aromatic rings. The average Bonchev–Trinajstić information content (AvgIpc) is 2.41. The summed E-state index contributed by atoms with van der Waals surface area (Å²) in [5.41, 5.74) is 0. The van der Waals surface area contributed by atoms with E-state index in [1.165, 1.54) is 11.8 Å². The topological polar surface area (TPSA) is 80.2 Å². The number of nitrogens with two attached hydrogens (primary N) is 1. The van der Waals surface area contributed by atoms with Crippen molar-refractivity contribution in [3.8, 4) is 0 Å². The Morgan fingerprint density at radius 3 is 3.08 bits per heavy atom. The fraction of sp³-hybridized carbons (Fsp3) is 0.250. The van der Waals surface area contributed by atoms with Crippen molar-refractivity contribution < 1.29 is 13.4 Å². The predicted molar refractivity (Wildman–Crippen MR) is 52.8 cm³/mol. The molecule has 2 unspecified atom stereocenters. The molecule has 2 rings (SSSR count). The Kier molecular flexibility index (Phi) is 2.25. The zero-order chi connectivity index (χ0) is 9.64. The van der Waals surface area contributed by atoms with Gasteiger partial charge in [-0.2, -0.15) is 18.4 Å². The number of thioether (sulfide) groups is 1. The maximum Gasteiger partial charge on any atom is 0.322 e. The van der Waals surface area contributed by atoms with E-state index >= 15 is 0 Å². The lowest BCUT2D eigenvalue weighted by Gasteiger charge is -2.15. The van der Waals surface area contributed by atoms with E-state index in [4.69, 9.17) is 5.14 Å². The zero-order valence-electron chi connectivity index (χ0n) is 6.21. The van der Waals surface area contributed by atoms with E-state index in [1.807, 2.05) is 0 Å². The maximum absolute atomic E-state index is 11.1. The van der Waals surface area contributed by atoms with Crippen LogP contribution in [0.5, 0.6) is 0 Å². The third-order valence-electron chi connectivity index (χ3n) is 1.55. The van der Waals surface area contributed by atoms with Crippen LogP contribution < -0.4 is 10.1 Å². The molecule has 2 atom stereocenters. The minimum Gasteiger partial charge on any atom is -0.212 e. The van der Waals surface area contributed by atoms with Crippen LogP contribution in [0.15, 0.2) is 17.4 Å². The quantitative estimate of drug-likeness (QED) is 0.457. The second-order valence-corrected chi connectivity index (χ2v) is 6.35. The molecule has 0 saturated carbocycles. The van der Waals surface area contributed by atoms with Crippen LogP contribution in [0, 0.1) is 0 Å². The van der Waals surface area contributed by atoms with Crippen LogP contribution in [-0.2, 0) is 10.2 Å². The van der Waals surface area contributed by atoms with Crippen LogP contribution in [0.3, 0.4) is 0 Å². The van der Waals surface area contributed by atoms with Gasteiger partial charge in [0.2, 0.25) is 0 Å². The first-order chi connectivity index (χ1) is 6.00. The van der Waals surface area contributed by atoms with E-state index in [0.717, 1.165) is 4.41 Å². The highest BCUT2D eigenvalue weighted by atomic mass is 79.9.